The molecule has 0 aliphatic carbocycles. The number of aliphatic imine (C=N–C) groups is 1. The Balaban J connectivity index is 2.55. The van der Waals surface area contributed by atoms with Gasteiger partial charge in [-0.2, -0.15) is 0 Å². The highest BCUT2D eigenvalue weighted by molar-refractivity contribution is 7.98. The molecule has 1 aliphatic heterocycles. The van der Waals surface area contributed by atoms with Crippen LogP contribution in [0.3, 0.4) is 0 Å². The molecule has 0 amide bonds. The summed E-state index contributed by atoms with van der Waals surface area (Å²) < 4.78 is 0. The Morgan fingerprint density at radius 2 is 2.27 bits per heavy atom. The van der Waals surface area contributed by atoms with Crippen LogP contribution < -0.4 is 5.32 Å². The molecular weight excluding hydrogens is 160 g/mol. The maximum Gasteiger partial charge on any atom is 0.184 e. The van der Waals surface area contributed by atoms with E-state index in [4.69, 9.17) is 0 Å². The molecule has 0 fully saturated rings. The van der Waals surface area contributed by atoms with E-state index < -0.39 is 0 Å². The van der Waals surface area contributed by atoms with Crippen molar-refractivity contribution in [3.8, 4) is 0 Å². The number of thioether (sulfide) groups is 1. The smallest absolute Gasteiger partial charge is 0.184 e. The topological polar surface area (TPSA) is 52.2 Å². The number of rotatable bonds is 1. The molecule has 4 nitrogen and oxygen atoms in total. The van der Waals surface area contributed by atoms with E-state index in [1.54, 1.807) is 11.8 Å². The van der Waals surface area contributed by atoms with Gasteiger partial charge in [0, 0.05) is 0 Å². The average Bonchev–Trinajstić information content (AvgIpc) is 2.50. The van der Waals surface area contributed by atoms with Gasteiger partial charge in [-0.1, -0.05) is 0 Å². The van der Waals surface area contributed by atoms with Gasteiger partial charge in [0.15, 0.2) is 5.82 Å². The van der Waals surface area contributed by atoms with Gasteiger partial charge >= 0.3 is 0 Å². The summed E-state index contributed by atoms with van der Waals surface area (Å²) in [4.78, 5) is 12.0. The number of hydrogen-bond donors (Lipinski definition) is 0. The van der Waals surface area contributed by atoms with Crippen LogP contribution in [0.15, 0.2) is 16.3 Å². The lowest BCUT2D eigenvalue weighted by Gasteiger charge is -1.98. The fourth-order valence-corrected chi connectivity index (χ4v) is 1.34. The molecule has 2 rings (SSSR count). The Hall–Kier alpha value is -1.10. The molecule has 0 saturated heterocycles. The van der Waals surface area contributed by atoms with Crippen LogP contribution in [0.1, 0.15) is 0 Å². The van der Waals surface area contributed by atoms with Gasteiger partial charge in [-0.25, -0.2) is 20.3 Å². The van der Waals surface area contributed by atoms with E-state index in [0.717, 1.165) is 10.7 Å². The number of hydrogen-bond acceptors (Lipinski definition) is 4. The van der Waals surface area contributed by atoms with Gasteiger partial charge in [-0.3, -0.25) is 0 Å². The van der Waals surface area contributed by atoms with Gasteiger partial charge in [-0.05, 0) is 6.26 Å². The monoisotopic (exact) mass is 165 g/mol. The van der Waals surface area contributed by atoms with Crippen molar-refractivity contribution < 1.29 is 0 Å². The fraction of sp³-hybridized carbons (Fsp3) is 0.167. The molecule has 5 heteroatoms. The van der Waals surface area contributed by atoms with Gasteiger partial charge in [-0.15, -0.1) is 11.8 Å². The first kappa shape index (κ1) is 6.60. The second-order valence-electron chi connectivity index (χ2n) is 1.93. The lowest BCUT2D eigenvalue weighted by Crippen LogP contribution is -1.91. The molecule has 0 unspecified atom stereocenters. The molecule has 55 valence electrons. The summed E-state index contributed by atoms with van der Waals surface area (Å²) in [6.07, 6.45) is 4.96. The summed E-state index contributed by atoms with van der Waals surface area (Å²) in [5, 5.41) is 4.91. The zero-order valence-corrected chi connectivity index (χ0v) is 6.67. The van der Waals surface area contributed by atoms with E-state index in [2.05, 4.69) is 20.3 Å². The Bertz CT molecular complexity index is 309. The highest BCUT2D eigenvalue weighted by atomic mass is 32.2. The summed E-state index contributed by atoms with van der Waals surface area (Å²) in [5.41, 5.74) is 0.792. The zero-order chi connectivity index (χ0) is 7.68. The van der Waals surface area contributed by atoms with Gasteiger partial charge < -0.3 is 0 Å². The highest BCUT2D eigenvalue weighted by Gasteiger charge is 2.13. The van der Waals surface area contributed by atoms with Crippen LogP contribution in [0.25, 0.3) is 0 Å². The fourth-order valence-electron chi connectivity index (χ4n) is 0.852. The summed E-state index contributed by atoms with van der Waals surface area (Å²) in [6.45, 7) is 0. The minimum Gasteiger partial charge on any atom is -0.230 e. The molecule has 0 atom stereocenters. The average molecular weight is 165 g/mol. The Labute approximate surface area is 68.2 Å². The van der Waals surface area contributed by atoms with E-state index in [0.29, 0.717) is 5.82 Å². The molecule has 0 spiro atoms. The summed E-state index contributed by atoms with van der Waals surface area (Å²) in [5.74, 6) is 0.671. The normalized spacial score (nSPS) is 12.8. The molecule has 0 aromatic carbocycles. The molecule has 1 aliphatic rings. The molecule has 0 N–H and O–H groups in total. The Morgan fingerprint density at radius 3 is 3.09 bits per heavy atom. The lowest BCUT2D eigenvalue weighted by molar-refractivity contribution is 1.03. The predicted octanol–water partition coefficient (Wildman–Crippen LogP) is 1.11. The van der Waals surface area contributed by atoms with Crippen molar-refractivity contribution in [2.75, 3.05) is 6.26 Å². The maximum absolute atomic E-state index is 4.05. The number of nitrogens with zero attached hydrogens (tertiary/aromatic N) is 4. The largest absolute Gasteiger partial charge is 0.230 e. The van der Waals surface area contributed by atoms with E-state index in [-0.39, 0.29) is 0 Å². The Morgan fingerprint density at radius 1 is 1.36 bits per heavy atom. The molecule has 0 saturated carbocycles. The van der Waals surface area contributed by atoms with Crippen LogP contribution in [0.2, 0.25) is 0 Å². The molecular formula is C6H5N4S. The van der Waals surface area contributed by atoms with Gasteiger partial charge in [0.1, 0.15) is 23.4 Å². The van der Waals surface area contributed by atoms with Gasteiger partial charge in [0.2, 0.25) is 0 Å². The van der Waals surface area contributed by atoms with Gasteiger partial charge in [0.05, 0.1) is 0 Å². The molecule has 0 bridgehead atoms. The van der Waals surface area contributed by atoms with E-state index in [1.807, 2.05) is 6.26 Å². The standard InChI is InChI=1S/C6H5N4S/c1-11-6-4-5(8-2-7-4)9-3-10-6/h2-3H,1H3. The van der Waals surface area contributed by atoms with Crippen molar-refractivity contribution in [2.45, 2.75) is 5.03 Å². The highest BCUT2D eigenvalue weighted by Crippen LogP contribution is 2.32. The van der Waals surface area contributed by atoms with Crippen LogP contribution in [0, 0.1) is 0 Å². The SMILES string of the molecule is CSc1ncnc2c1[N]C=N2. The van der Waals surface area contributed by atoms with Crippen LogP contribution >= 0.6 is 11.8 Å². The van der Waals surface area contributed by atoms with E-state index in [1.165, 1.54) is 12.7 Å². The van der Waals surface area contributed by atoms with E-state index >= 15 is 0 Å². The lowest BCUT2D eigenvalue weighted by atomic mass is 10.5. The Kier molecular flexibility index (Phi) is 1.50. The first-order chi connectivity index (χ1) is 5.42. The predicted molar refractivity (Wildman–Crippen MR) is 43.8 cm³/mol. The minimum absolute atomic E-state index is 0.671. The summed E-state index contributed by atoms with van der Waals surface area (Å²) in [6, 6.07) is 0. The van der Waals surface area contributed by atoms with Crippen molar-refractivity contribution >= 4 is 29.6 Å². The maximum atomic E-state index is 4.05. The third-order valence-electron chi connectivity index (χ3n) is 1.33. The summed E-state index contributed by atoms with van der Waals surface area (Å²) in [7, 11) is 0. The van der Waals surface area contributed by atoms with Gasteiger partial charge in [0.25, 0.3) is 0 Å². The molecule has 11 heavy (non-hydrogen) atoms. The third kappa shape index (κ3) is 0.970. The second kappa shape index (κ2) is 2.50. The first-order valence-corrected chi connectivity index (χ1v) is 4.26. The molecule has 1 aromatic heterocycles. The molecule has 1 radical (unpaired) electrons. The van der Waals surface area contributed by atoms with Crippen molar-refractivity contribution in [3.63, 3.8) is 0 Å². The van der Waals surface area contributed by atoms with Crippen LogP contribution in [-0.2, 0) is 0 Å². The number of aromatic nitrogens is 2. The van der Waals surface area contributed by atoms with Crippen LogP contribution in [0.4, 0.5) is 11.5 Å². The zero-order valence-electron chi connectivity index (χ0n) is 5.85. The van der Waals surface area contributed by atoms with Crippen LogP contribution in [0.5, 0.6) is 0 Å². The van der Waals surface area contributed by atoms with Crippen molar-refractivity contribution in [1.29, 1.82) is 0 Å². The molecule has 1 aromatic rings. The second-order valence-corrected chi connectivity index (χ2v) is 2.72. The summed E-state index contributed by atoms with van der Waals surface area (Å²) >= 11 is 1.55. The minimum atomic E-state index is 0.671. The van der Waals surface area contributed by atoms with Crippen molar-refractivity contribution in [1.82, 2.24) is 15.3 Å². The van der Waals surface area contributed by atoms with Crippen LogP contribution in [-0.4, -0.2) is 22.6 Å². The first-order valence-electron chi connectivity index (χ1n) is 3.04. The van der Waals surface area contributed by atoms with Crippen molar-refractivity contribution in [3.05, 3.63) is 6.33 Å². The molecule has 2 heterocycles. The van der Waals surface area contributed by atoms with E-state index in [9.17, 15) is 0 Å². The third-order valence-corrected chi connectivity index (χ3v) is 2.02. The quantitative estimate of drug-likeness (QED) is 0.462. The van der Waals surface area contributed by atoms with Crippen molar-refractivity contribution in [2.24, 2.45) is 4.99 Å². The number of fused-ring (bicyclic) bond motifs is 1.